The highest BCUT2D eigenvalue weighted by Gasteiger charge is 2.40. The van der Waals surface area contributed by atoms with E-state index in [9.17, 15) is 16.8 Å². The highest BCUT2D eigenvalue weighted by molar-refractivity contribution is 7.95. The molecule has 2 rings (SSSR count). The largest absolute Gasteiger partial charge is 0.310 e. The van der Waals surface area contributed by atoms with Gasteiger partial charge in [-0.25, -0.2) is 22.0 Å². The lowest BCUT2D eigenvalue weighted by Crippen LogP contribution is -2.34. The second-order valence-corrected chi connectivity index (χ2v) is 10.0. The fraction of sp³-hybridized carbons (Fsp3) is 0.636. The van der Waals surface area contributed by atoms with Crippen LogP contribution in [0.25, 0.3) is 0 Å². The minimum Gasteiger partial charge on any atom is -0.310 e. The van der Waals surface area contributed by atoms with E-state index >= 15 is 0 Å². The van der Waals surface area contributed by atoms with Crippen molar-refractivity contribution in [3.8, 4) is 0 Å². The molecular weight excluding hydrogens is 356 g/mol. The highest BCUT2D eigenvalue weighted by Crippen LogP contribution is 2.43. The number of primary sulfonamides is 1. The van der Waals surface area contributed by atoms with Gasteiger partial charge >= 0.3 is 0 Å². The molecule has 0 saturated heterocycles. The number of sulfonamides is 1. The molecule has 3 N–H and O–H groups in total. The molecule has 0 unspecified atom stereocenters. The monoisotopic (exact) mass is 374 g/mol. The van der Waals surface area contributed by atoms with Gasteiger partial charge in [0.25, 0.3) is 0 Å². The maximum Gasteiger partial charge on any atom is 0.247 e. The van der Waals surface area contributed by atoms with Crippen LogP contribution in [-0.4, -0.2) is 28.6 Å². The molecule has 0 aliphatic carbocycles. The summed E-state index contributed by atoms with van der Waals surface area (Å²) in [5.41, 5.74) is 0.533. The third-order valence-corrected chi connectivity index (χ3v) is 8.93. The van der Waals surface area contributed by atoms with Crippen molar-refractivity contribution >= 4 is 43.6 Å². The zero-order valence-corrected chi connectivity index (χ0v) is 15.0. The van der Waals surface area contributed by atoms with Crippen LogP contribution < -0.4 is 10.5 Å². The van der Waals surface area contributed by atoms with Gasteiger partial charge < -0.3 is 5.32 Å². The molecule has 1 aromatic heterocycles. The Morgan fingerprint density at radius 3 is 2.52 bits per heavy atom. The SMILES string of the molecule is CCN[C@@H]1C[C@H](CC)S(=O)(=O)c2sc(S(N)(=O)=O)cc21.Cl. The first kappa shape index (κ1) is 18.9. The van der Waals surface area contributed by atoms with Crippen LogP contribution in [0.5, 0.6) is 0 Å². The number of nitrogens with two attached hydrogens (primary N) is 1. The molecule has 122 valence electrons. The number of fused-ring (bicyclic) bond motifs is 1. The zero-order chi connectivity index (χ0) is 15.1. The van der Waals surface area contributed by atoms with Crippen LogP contribution in [0, 0.1) is 0 Å². The minimum absolute atomic E-state index is 0. The summed E-state index contributed by atoms with van der Waals surface area (Å²) < 4.78 is 47.9. The summed E-state index contributed by atoms with van der Waals surface area (Å²) in [5, 5.41) is 7.84. The van der Waals surface area contributed by atoms with Gasteiger partial charge in [0, 0.05) is 11.6 Å². The molecule has 2 heterocycles. The van der Waals surface area contributed by atoms with Gasteiger partial charge in [0.15, 0.2) is 9.84 Å². The summed E-state index contributed by atoms with van der Waals surface area (Å²) in [7, 11) is -7.35. The van der Waals surface area contributed by atoms with Crippen LogP contribution in [0.1, 0.15) is 38.3 Å². The molecule has 6 nitrogen and oxygen atoms in total. The van der Waals surface area contributed by atoms with Gasteiger partial charge in [-0.15, -0.1) is 23.7 Å². The molecule has 1 aliphatic rings. The number of hydrogen-bond acceptors (Lipinski definition) is 6. The predicted octanol–water partition coefficient (Wildman–Crippen LogP) is 1.42. The Morgan fingerprint density at radius 1 is 1.43 bits per heavy atom. The average molecular weight is 375 g/mol. The summed E-state index contributed by atoms with van der Waals surface area (Å²) in [6, 6.07) is 1.25. The molecular formula is C11H19ClN2O4S3. The first-order valence-electron chi connectivity index (χ1n) is 6.35. The second kappa shape index (κ2) is 6.51. The first-order chi connectivity index (χ1) is 9.21. The standard InChI is InChI=1S/C11H18N2O4S3.ClH/c1-3-7-5-9(13-4-2)8-6-10(20(12,16)17)18-11(8)19(7,14)15;/h6-7,9,13H,3-5H2,1-2H3,(H2,12,16,17);1H/t7-,9+;/m0./s1. The third-order valence-electron chi connectivity index (χ3n) is 3.46. The summed E-state index contributed by atoms with van der Waals surface area (Å²) >= 11 is 0.757. The van der Waals surface area contributed by atoms with Crippen LogP contribution in [0.4, 0.5) is 0 Å². The van der Waals surface area contributed by atoms with Gasteiger partial charge in [-0.2, -0.15) is 0 Å². The Bertz CT molecular complexity index is 712. The normalized spacial score (nSPS) is 24.1. The molecule has 0 spiro atoms. The van der Waals surface area contributed by atoms with Gasteiger partial charge in [-0.05, 0) is 25.5 Å². The van der Waals surface area contributed by atoms with E-state index in [1.807, 2.05) is 13.8 Å². The van der Waals surface area contributed by atoms with Crippen molar-refractivity contribution in [2.45, 2.75) is 46.4 Å². The maximum absolute atomic E-state index is 12.5. The molecule has 10 heteroatoms. The quantitative estimate of drug-likeness (QED) is 0.828. The Labute approximate surface area is 135 Å². The third kappa shape index (κ3) is 3.43. The number of nitrogens with one attached hydrogen (secondary N) is 1. The van der Waals surface area contributed by atoms with Gasteiger partial charge in [0.05, 0.1) is 5.25 Å². The minimum atomic E-state index is -3.88. The van der Waals surface area contributed by atoms with E-state index in [0.29, 0.717) is 24.9 Å². The van der Waals surface area contributed by atoms with Crippen LogP contribution in [0.15, 0.2) is 14.5 Å². The molecule has 2 atom stereocenters. The van der Waals surface area contributed by atoms with E-state index in [4.69, 9.17) is 5.14 Å². The number of rotatable bonds is 4. The molecule has 0 fully saturated rings. The molecule has 0 bridgehead atoms. The van der Waals surface area contributed by atoms with Gasteiger partial charge in [-0.3, -0.25) is 0 Å². The highest BCUT2D eigenvalue weighted by atomic mass is 35.5. The van der Waals surface area contributed by atoms with E-state index in [0.717, 1.165) is 11.3 Å². The summed E-state index contributed by atoms with van der Waals surface area (Å²) in [5.74, 6) is 0. The van der Waals surface area contributed by atoms with Crippen molar-refractivity contribution < 1.29 is 16.8 Å². The lowest BCUT2D eigenvalue weighted by molar-refractivity contribution is 0.463. The predicted molar refractivity (Wildman–Crippen MR) is 85.2 cm³/mol. The Balaban J connectivity index is 0.00000220. The van der Waals surface area contributed by atoms with Crippen LogP contribution in [-0.2, 0) is 19.9 Å². The van der Waals surface area contributed by atoms with E-state index in [-0.39, 0.29) is 26.9 Å². The van der Waals surface area contributed by atoms with Crippen LogP contribution >= 0.6 is 23.7 Å². The Kier molecular flexibility index (Phi) is 5.85. The van der Waals surface area contributed by atoms with Crippen molar-refractivity contribution in [1.82, 2.24) is 5.32 Å². The van der Waals surface area contributed by atoms with E-state index in [2.05, 4.69) is 5.32 Å². The smallest absolute Gasteiger partial charge is 0.247 e. The second-order valence-electron chi connectivity index (χ2n) is 4.77. The number of halogens is 1. The zero-order valence-electron chi connectivity index (χ0n) is 11.7. The van der Waals surface area contributed by atoms with Crippen molar-refractivity contribution in [2.75, 3.05) is 6.54 Å². The molecule has 0 amide bonds. The van der Waals surface area contributed by atoms with E-state index in [1.165, 1.54) is 6.07 Å². The summed E-state index contributed by atoms with van der Waals surface area (Å²) in [6.07, 6.45) is 0.965. The number of hydrogen-bond donors (Lipinski definition) is 2. The van der Waals surface area contributed by atoms with Crippen molar-refractivity contribution in [1.29, 1.82) is 0 Å². The lowest BCUT2D eigenvalue weighted by atomic mass is 10.0. The molecule has 0 aromatic carbocycles. The topological polar surface area (TPSA) is 106 Å². The Hall–Kier alpha value is -0.190. The maximum atomic E-state index is 12.5. The summed E-state index contributed by atoms with van der Waals surface area (Å²) in [4.78, 5) is 0. The van der Waals surface area contributed by atoms with Crippen molar-refractivity contribution in [3.05, 3.63) is 11.6 Å². The van der Waals surface area contributed by atoms with Gasteiger partial charge in [-0.1, -0.05) is 13.8 Å². The number of thiophene rings is 1. The van der Waals surface area contributed by atoms with Crippen LogP contribution in [0.2, 0.25) is 0 Å². The summed E-state index contributed by atoms with van der Waals surface area (Å²) in [6.45, 7) is 4.43. The van der Waals surface area contributed by atoms with Gasteiger partial charge in [0.1, 0.15) is 8.42 Å². The molecule has 0 radical (unpaired) electrons. The first-order valence-corrected chi connectivity index (χ1v) is 10.3. The molecule has 21 heavy (non-hydrogen) atoms. The van der Waals surface area contributed by atoms with E-state index < -0.39 is 25.1 Å². The average Bonchev–Trinajstić information content (AvgIpc) is 2.78. The Morgan fingerprint density at radius 2 is 2.05 bits per heavy atom. The van der Waals surface area contributed by atoms with Gasteiger partial charge in [0.2, 0.25) is 10.0 Å². The fourth-order valence-electron chi connectivity index (χ4n) is 2.46. The molecule has 1 aliphatic heterocycles. The van der Waals surface area contributed by atoms with Crippen molar-refractivity contribution in [2.24, 2.45) is 5.14 Å². The van der Waals surface area contributed by atoms with E-state index in [1.54, 1.807) is 0 Å². The fourth-order valence-corrected chi connectivity index (χ4v) is 7.18. The molecule has 0 saturated carbocycles. The van der Waals surface area contributed by atoms with Crippen LogP contribution in [0.3, 0.4) is 0 Å². The van der Waals surface area contributed by atoms with Crippen molar-refractivity contribution in [3.63, 3.8) is 0 Å². The lowest BCUT2D eigenvalue weighted by Gasteiger charge is -2.29. The molecule has 1 aromatic rings. The number of sulfone groups is 1.